The van der Waals surface area contributed by atoms with Gasteiger partial charge in [-0.25, -0.2) is 4.79 Å². The van der Waals surface area contributed by atoms with E-state index >= 15 is 0 Å². The van der Waals surface area contributed by atoms with Crippen LogP contribution in [0.3, 0.4) is 0 Å². The van der Waals surface area contributed by atoms with Gasteiger partial charge in [0.2, 0.25) is 0 Å². The summed E-state index contributed by atoms with van der Waals surface area (Å²) < 4.78 is 10.5. The second-order valence-corrected chi connectivity index (χ2v) is 5.30. The first-order valence-corrected chi connectivity index (χ1v) is 7.65. The van der Waals surface area contributed by atoms with E-state index in [2.05, 4.69) is 6.92 Å². The van der Waals surface area contributed by atoms with E-state index in [1.807, 2.05) is 30.3 Å². The molecule has 0 amide bonds. The van der Waals surface area contributed by atoms with Gasteiger partial charge >= 0.3 is 5.97 Å². The molecule has 2 N–H and O–H groups in total. The van der Waals surface area contributed by atoms with Gasteiger partial charge in [0.15, 0.2) is 5.54 Å². The number of carbonyl (C=O) groups is 1. The highest BCUT2D eigenvalue weighted by Gasteiger charge is 2.37. The van der Waals surface area contributed by atoms with E-state index < -0.39 is 11.5 Å². The normalized spacial score (nSPS) is 13.7. The molecule has 0 spiro atoms. The van der Waals surface area contributed by atoms with Crippen molar-refractivity contribution < 1.29 is 14.3 Å². The fraction of sp³-hybridized carbons (Fsp3) is 0.588. The molecule has 0 bridgehead atoms. The van der Waals surface area contributed by atoms with Crippen molar-refractivity contribution in [1.82, 2.24) is 0 Å². The molecule has 0 saturated carbocycles. The van der Waals surface area contributed by atoms with Crippen LogP contribution in [0.2, 0.25) is 0 Å². The quantitative estimate of drug-likeness (QED) is 0.532. The molecule has 1 rings (SSSR count). The van der Waals surface area contributed by atoms with Crippen LogP contribution >= 0.6 is 0 Å². The van der Waals surface area contributed by atoms with Crippen LogP contribution in [0.15, 0.2) is 30.3 Å². The zero-order chi connectivity index (χ0) is 15.6. The summed E-state index contributed by atoms with van der Waals surface area (Å²) in [6.07, 6.45) is 5.85. The Hall–Kier alpha value is -1.39. The molecule has 1 atom stereocenters. The van der Waals surface area contributed by atoms with Gasteiger partial charge in [0, 0.05) is 6.61 Å². The molecule has 0 heterocycles. The summed E-state index contributed by atoms with van der Waals surface area (Å²) in [7, 11) is 1.34. The molecule has 1 aromatic carbocycles. The van der Waals surface area contributed by atoms with Crippen LogP contribution in [-0.4, -0.2) is 26.3 Å². The number of carbonyl (C=O) groups excluding carboxylic acids is 1. The minimum atomic E-state index is -1.24. The number of methoxy groups -OCH3 is 1. The third-order valence-electron chi connectivity index (χ3n) is 3.56. The lowest BCUT2D eigenvalue weighted by atomic mass is 9.92. The average Bonchev–Trinajstić information content (AvgIpc) is 2.53. The molecule has 0 aliphatic carbocycles. The second kappa shape index (κ2) is 9.53. The van der Waals surface area contributed by atoms with E-state index in [9.17, 15) is 4.79 Å². The van der Waals surface area contributed by atoms with E-state index in [1.165, 1.54) is 26.4 Å². The molecule has 1 aromatic rings. The van der Waals surface area contributed by atoms with Gasteiger partial charge in [-0.1, -0.05) is 62.9 Å². The van der Waals surface area contributed by atoms with Gasteiger partial charge in [0.1, 0.15) is 0 Å². The maximum atomic E-state index is 12.0. The van der Waals surface area contributed by atoms with Crippen molar-refractivity contribution in [2.45, 2.75) is 44.6 Å². The summed E-state index contributed by atoms with van der Waals surface area (Å²) in [6.45, 7) is 2.94. The van der Waals surface area contributed by atoms with Crippen LogP contribution in [0, 0.1) is 0 Å². The zero-order valence-corrected chi connectivity index (χ0v) is 13.1. The molecular formula is C17H27NO3. The molecule has 0 fully saturated rings. The number of hydrogen-bond acceptors (Lipinski definition) is 4. The predicted octanol–water partition coefficient (Wildman–Crippen LogP) is 3.00. The van der Waals surface area contributed by atoms with E-state index in [0.717, 1.165) is 12.8 Å². The number of rotatable bonds is 10. The summed E-state index contributed by atoms with van der Waals surface area (Å²) >= 11 is 0. The molecule has 0 radical (unpaired) electrons. The minimum Gasteiger partial charge on any atom is -0.467 e. The molecule has 1 unspecified atom stereocenters. The molecular weight excluding hydrogens is 266 g/mol. The fourth-order valence-electron chi connectivity index (χ4n) is 2.22. The Bertz CT molecular complexity index is 408. The molecule has 0 saturated heterocycles. The third-order valence-corrected chi connectivity index (χ3v) is 3.56. The Morgan fingerprint density at radius 2 is 1.81 bits per heavy atom. The summed E-state index contributed by atoms with van der Waals surface area (Å²) in [4.78, 5) is 12.0. The van der Waals surface area contributed by atoms with Crippen LogP contribution in [0.25, 0.3) is 0 Å². The summed E-state index contributed by atoms with van der Waals surface area (Å²) in [5.41, 5.74) is 5.71. The van der Waals surface area contributed by atoms with E-state index in [0.29, 0.717) is 12.2 Å². The van der Waals surface area contributed by atoms with Crippen molar-refractivity contribution in [1.29, 1.82) is 0 Å². The molecule has 4 nitrogen and oxygen atoms in total. The lowest BCUT2D eigenvalue weighted by Gasteiger charge is -2.26. The summed E-state index contributed by atoms with van der Waals surface area (Å²) in [5.74, 6) is -0.473. The standard InChI is InChI=1S/C17H27NO3/c1-3-4-5-6-10-13-21-14-17(18,16(19)20-2)15-11-8-7-9-12-15/h7-9,11-12H,3-6,10,13-14,18H2,1-2H3. The summed E-state index contributed by atoms with van der Waals surface area (Å²) in [5, 5.41) is 0. The maximum Gasteiger partial charge on any atom is 0.332 e. The Morgan fingerprint density at radius 3 is 2.43 bits per heavy atom. The number of ether oxygens (including phenoxy) is 2. The maximum absolute atomic E-state index is 12.0. The molecule has 0 aliphatic rings. The van der Waals surface area contributed by atoms with Crippen molar-refractivity contribution in [2.75, 3.05) is 20.3 Å². The van der Waals surface area contributed by atoms with Crippen LogP contribution in [0.5, 0.6) is 0 Å². The SMILES string of the molecule is CCCCCCCOCC(N)(C(=O)OC)c1ccccc1. The van der Waals surface area contributed by atoms with E-state index in [1.54, 1.807) is 0 Å². The first-order valence-electron chi connectivity index (χ1n) is 7.65. The first-order chi connectivity index (χ1) is 10.1. The van der Waals surface area contributed by atoms with Crippen molar-refractivity contribution in [3.05, 3.63) is 35.9 Å². The van der Waals surface area contributed by atoms with Crippen LogP contribution in [0.4, 0.5) is 0 Å². The summed E-state index contributed by atoms with van der Waals surface area (Å²) in [6, 6.07) is 9.23. The first kappa shape index (κ1) is 17.7. The number of hydrogen-bond donors (Lipinski definition) is 1. The van der Waals surface area contributed by atoms with Gasteiger partial charge < -0.3 is 15.2 Å². The molecule has 0 aliphatic heterocycles. The number of benzene rings is 1. The number of nitrogens with two attached hydrogens (primary N) is 1. The zero-order valence-electron chi connectivity index (χ0n) is 13.1. The van der Waals surface area contributed by atoms with Crippen molar-refractivity contribution in [2.24, 2.45) is 5.73 Å². The number of unbranched alkanes of at least 4 members (excludes halogenated alkanes) is 4. The van der Waals surface area contributed by atoms with Gasteiger partial charge in [-0.2, -0.15) is 0 Å². The highest BCUT2D eigenvalue weighted by Crippen LogP contribution is 2.20. The second-order valence-electron chi connectivity index (χ2n) is 5.30. The fourth-order valence-corrected chi connectivity index (χ4v) is 2.22. The Balaban J connectivity index is 2.50. The highest BCUT2D eigenvalue weighted by molar-refractivity contribution is 5.82. The van der Waals surface area contributed by atoms with E-state index in [4.69, 9.17) is 15.2 Å². The van der Waals surface area contributed by atoms with Crippen LogP contribution in [0.1, 0.15) is 44.6 Å². The van der Waals surface area contributed by atoms with Gasteiger partial charge in [-0.15, -0.1) is 0 Å². The molecule has 21 heavy (non-hydrogen) atoms. The molecule has 118 valence electrons. The van der Waals surface area contributed by atoms with Gasteiger partial charge in [0.05, 0.1) is 13.7 Å². The van der Waals surface area contributed by atoms with Crippen molar-refractivity contribution in [3.8, 4) is 0 Å². The number of esters is 1. The lowest BCUT2D eigenvalue weighted by Crippen LogP contribution is -2.49. The average molecular weight is 293 g/mol. The van der Waals surface area contributed by atoms with Crippen LogP contribution in [-0.2, 0) is 19.8 Å². The predicted molar refractivity (Wildman–Crippen MR) is 83.9 cm³/mol. The molecule has 4 heteroatoms. The monoisotopic (exact) mass is 293 g/mol. The van der Waals surface area contributed by atoms with Gasteiger partial charge in [-0.3, -0.25) is 0 Å². The Labute approximate surface area is 127 Å². The lowest BCUT2D eigenvalue weighted by molar-refractivity contribution is -0.150. The van der Waals surface area contributed by atoms with Gasteiger partial charge in [0.25, 0.3) is 0 Å². The third kappa shape index (κ3) is 5.48. The topological polar surface area (TPSA) is 61.5 Å². The smallest absolute Gasteiger partial charge is 0.332 e. The van der Waals surface area contributed by atoms with Gasteiger partial charge in [-0.05, 0) is 12.0 Å². The minimum absolute atomic E-state index is 0.136. The van der Waals surface area contributed by atoms with Crippen molar-refractivity contribution in [3.63, 3.8) is 0 Å². The van der Waals surface area contributed by atoms with E-state index in [-0.39, 0.29) is 6.61 Å². The van der Waals surface area contributed by atoms with Crippen molar-refractivity contribution >= 4 is 5.97 Å². The van der Waals surface area contributed by atoms with Crippen LogP contribution < -0.4 is 5.73 Å². The largest absolute Gasteiger partial charge is 0.467 e. The molecule has 0 aromatic heterocycles. The highest BCUT2D eigenvalue weighted by atomic mass is 16.5. The Kier molecular flexibility index (Phi) is 8.01. The Morgan fingerprint density at radius 1 is 1.14 bits per heavy atom.